The number of aromatic nitrogens is 1. The average Bonchev–Trinajstić information content (AvgIpc) is 3.17. The van der Waals surface area contributed by atoms with Gasteiger partial charge in [-0.05, 0) is 57.1 Å². The summed E-state index contributed by atoms with van der Waals surface area (Å²) in [5, 5.41) is 14.4. The van der Waals surface area contributed by atoms with Gasteiger partial charge in [-0.15, -0.1) is 0 Å². The Labute approximate surface area is 199 Å². The first-order valence-electron chi connectivity index (χ1n) is 10.8. The zero-order valence-corrected chi connectivity index (χ0v) is 20.4. The summed E-state index contributed by atoms with van der Waals surface area (Å²) < 4.78 is 41.4. The number of methoxy groups -OCH3 is 1. The number of amides is 1. The van der Waals surface area contributed by atoms with Gasteiger partial charge in [0.2, 0.25) is 0 Å². The molecule has 0 bridgehead atoms. The fourth-order valence-corrected chi connectivity index (χ4v) is 7.36. The van der Waals surface area contributed by atoms with Crippen molar-refractivity contribution in [1.29, 1.82) is 5.41 Å². The van der Waals surface area contributed by atoms with Crippen LogP contribution in [-0.2, 0) is 5.54 Å². The molecule has 3 heterocycles. The van der Waals surface area contributed by atoms with Crippen LogP contribution in [0.4, 0.5) is 10.1 Å². The summed E-state index contributed by atoms with van der Waals surface area (Å²) >= 11 is 0. The Bertz CT molecular complexity index is 1160. The molecule has 2 aromatic rings. The van der Waals surface area contributed by atoms with Crippen LogP contribution in [-0.4, -0.2) is 68.5 Å². The first-order chi connectivity index (χ1) is 15.9. The Balaban J connectivity index is 1.62. The van der Waals surface area contributed by atoms with Gasteiger partial charge in [-0.25, -0.2) is 9.37 Å². The van der Waals surface area contributed by atoms with Crippen LogP contribution in [0.1, 0.15) is 35.0 Å². The van der Waals surface area contributed by atoms with Gasteiger partial charge in [0.05, 0.1) is 24.6 Å². The monoisotopic (exact) mass is 491 g/mol. The largest absolute Gasteiger partial charge is 0.495 e. The van der Waals surface area contributed by atoms with Crippen molar-refractivity contribution in [2.24, 2.45) is 0 Å². The van der Waals surface area contributed by atoms with E-state index < -0.39 is 32.6 Å². The van der Waals surface area contributed by atoms with Crippen molar-refractivity contribution in [3.05, 3.63) is 53.1 Å². The number of rotatable bonds is 4. The van der Waals surface area contributed by atoms with Crippen LogP contribution < -0.4 is 15.4 Å². The maximum Gasteiger partial charge on any atom is 0.274 e. The van der Waals surface area contributed by atoms with Crippen LogP contribution in [0.5, 0.6) is 5.75 Å². The Kier molecular flexibility index (Phi) is 6.09. The van der Waals surface area contributed by atoms with E-state index in [0.717, 1.165) is 0 Å². The van der Waals surface area contributed by atoms with Crippen molar-refractivity contribution in [2.75, 3.05) is 38.3 Å². The van der Waals surface area contributed by atoms with Crippen LogP contribution in [0.25, 0.3) is 0 Å². The minimum absolute atomic E-state index is 0.00232. The predicted octanol–water partition coefficient (Wildman–Crippen LogP) is 3.41. The quantitative estimate of drug-likeness (QED) is 0.443. The van der Waals surface area contributed by atoms with Gasteiger partial charge in [-0.1, -0.05) is 0 Å². The lowest BCUT2D eigenvalue weighted by Crippen LogP contribution is -2.64. The lowest BCUT2D eigenvalue weighted by Gasteiger charge is -2.57. The SMILES string of the molecule is COc1cnc(C(=O)Nc2ccc(F)c([C@]3(C)CS(O)(O)C4(CCN(C)C4)C(=N)N3)c2)c(C)c1. The molecule has 1 aromatic heterocycles. The smallest absolute Gasteiger partial charge is 0.274 e. The minimum Gasteiger partial charge on any atom is -0.495 e. The summed E-state index contributed by atoms with van der Waals surface area (Å²) in [4.78, 5) is 18.9. The normalized spacial score (nSPS) is 27.3. The summed E-state index contributed by atoms with van der Waals surface area (Å²) in [5.41, 5.74) is 0.0359. The van der Waals surface area contributed by atoms with Crippen molar-refractivity contribution in [3.8, 4) is 5.75 Å². The highest BCUT2D eigenvalue weighted by atomic mass is 32.3. The molecule has 4 rings (SSSR count). The Morgan fingerprint density at radius 1 is 1.38 bits per heavy atom. The Morgan fingerprint density at radius 3 is 2.71 bits per heavy atom. The number of benzene rings is 1. The topological polar surface area (TPSA) is 131 Å². The summed E-state index contributed by atoms with van der Waals surface area (Å²) in [7, 11) is 0.110. The molecule has 9 nitrogen and oxygen atoms in total. The van der Waals surface area contributed by atoms with Crippen molar-refractivity contribution >= 4 is 28.0 Å². The average molecular weight is 492 g/mol. The van der Waals surface area contributed by atoms with E-state index in [1.165, 1.54) is 31.5 Å². The van der Waals surface area contributed by atoms with E-state index >= 15 is 4.39 Å². The van der Waals surface area contributed by atoms with E-state index in [9.17, 15) is 13.9 Å². The molecule has 1 unspecified atom stereocenters. The number of carbonyl (C=O) groups is 1. The predicted molar refractivity (Wildman–Crippen MR) is 131 cm³/mol. The van der Waals surface area contributed by atoms with Gasteiger partial charge in [0.1, 0.15) is 27.8 Å². The van der Waals surface area contributed by atoms with Gasteiger partial charge < -0.3 is 20.3 Å². The van der Waals surface area contributed by atoms with Crippen LogP contribution in [0.2, 0.25) is 0 Å². The number of carbonyl (C=O) groups excluding carboxylic acids is 1. The summed E-state index contributed by atoms with van der Waals surface area (Å²) in [6.07, 6.45) is 1.89. The number of halogens is 1. The molecule has 2 atom stereocenters. The molecule has 1 amide bonds. The van der Waals surface area contributed by atoms with Crippen molar-refractivity contribution in [1.82, 2.24) is 15.2 Å². The van der Waals surface area contributed by atoms with E-state index in [1.807, 2.05) is 11.9 Å². The van der Waals surface area contributed by atoms with Crippen molar-refractivity contribution < 1.29 is 23.0 Å². The molecule has 1 spiro atoms. The standard InChI is InChI=1S/C23H30FN5O4S/c1-14-9-16(33-4)11-26-19(14)20(30)27-15-5-6-18(24)17(10-15)22(2)13-34(31,32)23(21(25)28-22)7-8-29(3)12-23/h5-6,9-11,31-32H,7-8,12-13H2,1-4H3,(H2,25,28)(H,27,30)/t22-,23?/m0/s1. The molecular formula is C23H30FN5O4S. The first kappa shape index (κ1) is 24.4. The molecule has 5 N–H and O–H groups in total. The highest BCUT2D eigenvalue weighted by Crippen LogP contribution is 2.61. The maximum absolute atomic E-state index is 15.0. The van der Waals surface area contributed by atoms with E-state index in [1.54, 1.807) is 19.9 Å². The van der Waals surface area contributed by atoms with Crippen molar-refractivity contribution in [2.45, 2.75) is 30.6 Å². The number of nitrogens with zero attached hydrogens (tertiary/aromatic N) is 2. The lowest BCUT2D eigenvalue weighted by atomic mass is 9.90. The Hall–Kier alpha value is -2.73. The number of amidine groups is 1. The van der Waals surface area contributed by atoms with Crippen LogP contribution in [0.3, 0.4) is 0 Å². The molecule has 0 saturated carbocycles. The molecule has 2 aliphatic rings. The molecule has 2 aliphatic heterocycles. The Morgan fingerprint density at radius 2 is 2.12 bits per heavy atom. The third-order valence-corrected chi connectivity index (χ3v) is 9.49. The van der Waals surface area contributed by atoms with E-state index in [2.05, 4.69) is 15.6 Å². The first-order valence-corrected chi connectivity index (χ1v) is 12.6. The van der Waals surface area contributed by atoms with Crippen LogP contribution in [0.15, 0.2) is 30.5 Å². The van der Waals surface area contributed by atoms with Gasteiger partial charge in [0.15, 0.2) is 0 Å². The second-order valence-electron chi connectivity index (χ2n) is 9.31. The van der Waals surface area contributed by atoms with Gasteiger partial charge in [0.25, 0.3) is 5.91 Å². The van der Waals surface area contributed by atoms with Crippen LogP contribution >= 0.6 is 10.6 Å². The van der Waals surface area contributed by atoms with Gasteiger partial charge in [0, 0.05) is 24.3 Å². The molecule has 0 aliphatic carbocycles. The zero-order valence-electron chi connectivity index (χ0n) is 19.6. The van der Waals surface area contributed by atoms with Gasteiger partial charge in [-0.3, -0.25) is 19.3 Å². The number of hydrogen-bond donors (Lipinski definition) is 5. The molecule has 2 fully saturated rings. The molecule has 1 aromatic carbocycles. The van der Waals surface area contributed by atoms with E-state index in [4.69, 9.17) is 10.1 Å². The summed E-state index contributed by atoms with van der Waals surface area (Å²) in [6, 6.07) is 5.80. The van der Waals surface area contributed by atoms with Gasteiger partial charge in [-0.2, -0.15) is 10.6 Å². The molecule has 0 radical (unpaired) electrons. The molecule has 2 saturated heterocycles. The van der Waals surface area contributed by atoms with Gasteiger partial charge >= 0.3 is 0 Å². The lowest BCUT2D eigenvalue weighted by molar-refractivity contribution is 0.102. The highest BCUT2D eigenvalue weighted by Gasteiger charge is 2.58. The second-order valence-corrected chi connectivity index (χ2v) is 11.7. The maximum atomic E-state index is 15.0. The third kappa shape index (κ3) is 4.02. The van der Waals surface area contributed by atoms with Crippen LogP contribution in [0, 0.1) is 18.2 Å². The summed E-state index contributed by atoms with van der Waals surface area (Å²) in [5.74, 6) is -0.665. The zero-order chi connectivity index (χ0) is 24.9. The number of likely N-dealkylation sites (tertiary alicyclic amines) is 1. The molecule has 34 heavy (non-hydrogen) atoms. The number of ether oxygens (including phenoxy) is 1. The third-order valence-electron chi connectivity index (χ3n) is 6.72. The summed E-state index contributed by atoms with van der Waals surface area (Å²) in [6.45, 7) is 4.37. The number of pyridine rings is 1. The number of anilines is 1. The van der Waals surface area contributed by atoms with E-state index in [0.29, 0.717) is 36.5 Å². The number of aryl methyl sites for hydroxylation is 1. The molecule has 11 heteroatoms. The van der Waals surface area contributed by atoms with E-state index in [-0.39, 0.29) is 22.8 Å². The second kappa shape index (κ2) is 8.49. The fourth-order valence-electron chi connectivity index (χ4n) is 4.83. The highest BCUT2D eigenvalue weighted by molar-refractivity contribution is 8.26. The fraction of sp³-hybridized carbons (Fsp3) is 0.435. The number of hydrogen-bond acceptors (Lipinski definition) is 7. The van der Waals surface area contributed by atoms with Crippen molar-refractivity contribution in [3.63, 3.8) is 0 Å². The molecular weight excluding hydrogens is 461 g/mol. The minimum atomic E-state index is -3.27. The number of nitrogens with one attached hydrogen (secondary N) is 3. The molecule has 184 valence electrons.